The normalized spacial score (nSPS) is 16.6. The van der Waals surface area contributed by atoms with Crippen molar-refractivity contribution in [2.24, 2.45) is 4.99 Å². The summed E-state index contributed by atoms with van der Waals surface area (Å²) < 4.78 is 0. The van der Waals surface area contributed by atoms with E-state index >= 15 is 0 Å². The zero-order valence-corrected chi connectivity index (χ0v) is 16.5. The maximum Gasteiger partial charge on any atom is 0.191 e. The Morgan fingerprint density at radius 1 is 1.24 bits per heavy atom. The summed E-state index contributed by atoms with van der Waals surface area (Å²) in [5, 5.41) is 6.89. The molecule has 0 bridgehead atoms. The van der Waals surface area contributed by atoms with Crippen molar-refractivity contribution in [3.63, 3.8) is 0 Å². The summed E-state index contributed by atoms with van der Waals surface area (Å²) in [6, 6.07) is 4.13. The van der Waals surface area contributed by atoms with Gasteiger partial charge in [0.15, 0.2) is 5.96 Å². The lowest BCUT2D eigenvalue weighted by atomic mass is 9.98. The first-order chi connectivity index (χ1) is 11.9. The van der Waals surface area contributed by atoms with Gasteiger partial charge in [-0.15, -0.1) is 0 Å². The maximum atomic E-state index is 4.36. The van der Waals surface area contributed by atoms with Gasteiger partial charge in [-0.3, -0.25) is 9.89 Å². The first kappa shape index (κ1) is 19.5. The molecule has 1 aliphatic rings. The van der Waals surface area contributed by atoms with Gasteiger partial charge in [0.25, 0.3) is 0 Å². The van der Waals surface area contributed by atoms with Gasteiger partial charge in [0.1, 0.15) is 5.82 Å². The maximum absolute atomic E-state index is 4.36. The van der Waals surface area contributed by atoms with E-state index in [-0.39, 0.29) is 5.54 Å². The average Bonchev–Trinajstić information content (AvgIpc) is 2.63. The molecule has 0 aliphatic carbocycles. The van der Waals surface area contributed by atoms with Crippen molar-refractivity contribution in [1.29, 1.82) is 0 Å². The van der Waals surface area contributed by atoms with Gasteiger partial charge in [0.05, 0.1) is 0 Å². The molecule has 0 saturated carbocycles. The number of likely N-dealkylation sites (tertiary alicyclic amines) is 1. The molecule has 1 fully saturated rings. The molecule has 2 heterocycles. The van der Waals surface area contributed by atoms with E-state index in [1.807, 2.05) is 38.3 Å². The smallest absolute Gasteiger partial charge is 0.191 e. The Bertz CT molecular complexity index is 561. The van der Waals surface area contributed by atoms with E-state index in [4.69, 9.17) is 0 Å². The van der Waals surface area contributed by atoms with Crippen molar-refractivity contribution in [3.8, 4) is 0 Å². The molecule has 0 radical (unpaired) electrons. The zero-order chi connectivity index (χ0) is 18.3. The molecule has 25 heavy (non-hydrogen) atoms. The van der Waals surface area contributed by atoms with Crippen LogP contribution in [0.25, 0.3) is 0 Å². The van der Waals surface area contributed by atoms with E-state index in [0.717, 1.165) is 24.9 Å². The number of hydrogen-bond donors (Lipinski definition) is 2. The molecule has 2 N–H and O–H groups in total. The van der Waals surface area contributed by atoms with Crippen molar-refractivity contribution in [2.75, 3.05) is 45.7 Å². The predicted octanol–water partition coefficient (Wildman–Crippen LogP) is 2.08. The fourth-order valence-corrected chi connectivity index (χ4v) is 3.13. The van der Waals surface area contributed by atoms with Gasteiger partial charge < -0.3 is 15.5 Å². The first-order valence-electron chi connectivity index (χ1n) is 9.24. The Morgan fingerprint density at radius 3 is 2.60 bits per heavy atom. The number of rotatable bonds is 6. The Hall–Kier alpha value is -1.82. The summed E-state index contributed by atoms with van der Waals surface area (Å²) in [4.78, 5) is 13.3. The summed E-state index contributed by atoms with van der Waals surface area (Å²) in [5.41, 5.74) is 1.32. The number of nitrogens with zero attached hydrogens (tertiary/aromatic N) is 4. The van der Waals surface area contributed by atoms with Crippen LogP contribution in [0.4, 0.5) is 5.82 Å². The summed E-state index contributed by atoms with van der Waals surface area (Å²) in [5.74, 6) is 1.81. The number of aromatic nitrogens is 1. The summed E-state index contributed by atoms with van der Waals surface area (Å²) in [6.07, 6.45) is 5.84. The van der Waals surface area contributed by atoms with E-state index in [1.165, 1.54) is 37.9 Å². The van der Waals surface area contributed by atoms with Crippen LogP contribution in [0.2, 0.25) is 0 Å². The fraction of sp³-hybridized carbons (Fsp3) is 0.684. The van der Waals surface area contributed by atoms with Crippen LogP contribution in [0, 0.1) is 0 Å². The van der Waals surface area contributed by atoms with Gasteiger partial charge in [-0.05, 0) is 57.5 Å². The van der Waals surface area contributed by atoms with Crippen molar-refractivity contribution in [3.05, 3.63) is 23.9 Å². The molecular formula is C19H34N6. The van der Waals surface area contributed by atoms with E-state index < -0.39 is 0 Å². The van der Waals surface area contributed by atoms with Crippen LogP contribution < -0.4 is 15.5 Å². The molecule has 0 unspecified atom stereocenters. The Kier molecular flexibility index (Phi) is 7.05. The molecule has 140 valence electrons. The molecule has 0 amide bonds. The van der Waals surface area contributed by atoms with Crippen LogP contribution in [0.1, 0.15) is 38.7 Å². The highest BCUT2D eigenvalue weighted by atomic mass is 15.2. The van der Waals surface area contributed by atoms with Crippen LogP contribution in [0.15, 0.2) is 23.3 Å². The largest absolute Gasteiger partial charge is 0.363 e. The number of guanidine groups is 1. The Labute approximate surface area is 152 Å². The molecule has 6 nitrogen and oxygen atoms in total. The zero-order valence-electron chi connectivity index (χ0n) is 16.5. The van der Waals surface area contributed by atoms with Crippen molar-refractivity contribution in [2.45, 2.75) is 45.2 Å². The number of hydrogen-bond acceptors (Lipinski definition) is 4. The van der Waals surface area contributed by atoms with Crippen molar-refractivity contribution >= 4 is 11.8 Å². The number of pyridine rings is 1. The number of aliphatic imine (C=N–C) groups is 1. The minimum absolute atomic E-state index is 0.132. The molecule has 0 spiro atoms. The van der Waals surface area contributed by atoms with Gasteiger partial charge in [-0.25, -0.2) is 4.98 Å². The molecule has 1 aliphatic heterocycles. The van der Waals surface area contributed by atoms with Crippen LogP contribution in [0.5, 0.6) is 0 Å². The van der Waals surface area contributed by atoms with Crippen LogP contribution in [0.3, 0.4) is 0 Å². The molecule has 2 rings (SSSR count). The number of nitrogens with one attached hydrogen (secondary N) is 2. The Morgan fingerprint density at radius 2 is 1.96 bits per heavy atom. The standard InChI is InChI=1S/C19H34N6/c1-19(2,25-11-7-6-8-12-25)15-23-18(20-3)22-14-16-9-10-21-17(13-16)24(4)5/h9-10,13H,6-8,11-12,14-15H2,1-5H3,(H2,20,22,23). The third-order valence-electron chi connectivity index (χ3n) is 4.85. The van der Waals surface area contributed by atoms with E-state index in [0.29, 0.717) is 0 Å². The monoisotopic (exact) mass is 346 g/mol. The Balaban J connectivity index is 1.85. The highest BCUT2D eigenvalue weighted by molar-refractivity contribution is 5.79. The highest BCUT2D eigenvalue weighted by Gasteiger charge is 2.27. The minimum Gasteiger partial charge on any atom is -0.363 e. The summed E-state index contributed by atoms with van der Waals surface area (Å²) in [7, 11) is 5.83. The molecule has 1 aromatic heterocycles. The predicted molar refractivity (Wildman–Crippen MR) is 106 cm³/mol. The molecule has 1 saturated heterocycles. The number of piperidine rings is 1. The van der Waals surface area contributed by atoms with Crippen LogP contribution in [-0.4, -0.2) is 62.2 Å². The molecule has 0 aromatic carbocycles. The van der Waals surface area contributed by atoms with E-state index in [2.05, 4.69) is 45.4 Å². The summed E-state index contributed by atoms with van der Waals surface area (Å²) >= 11 is 0. The summed E-state index contributed by atoms with van der Waals surface area (Å²) in [6.45, 7) is 8.63. The fourth-order valence-electron chi connectivity index (χ4n) is 3.13. The molecule has 1 aromatic rings. The third-order valence-corrected chi connectivity index (χ3v) is 4.85. The lowest BCUT2D eigenvalue weighted by molar-refractivity contribution is 0.0982. The highest BCUT2D eigenvalue weighted by Crippen LogP contribution is 2.19. The second-order valence-electron chi connectivity index (χ2n) is 7.56. The minimum atomic E-state index is 0.132. The average molecular weight is 347 g/mol. The SMILES string of the molecule is CN=C(NCc1ccnc(N(C)C)c1)NCC(C)(C)N1CCCCC1. The van der Waals surface area contributed by atoms with E-state index in [1.54, 1.807) is 0 Å². The number of anilines is 1. The first-order valence-corrected chi connectivity index (χ1v) is 9.24. The van der Waals surface area contributed by atoms with Crippen LogP contribution >= 0.6 is 0 Å². The van der Waals surface area contributed by atoms with Gasteiger partial charge in [-0.2, -0.15) is 0 Å². The van der Waals surface area contributed by atoms with Crippen molar-refractivity contribution in [1.82, 2.24) is 20.5 Å². The third kappa shape index (κ3) is 5.88. The second-order valence-corrected chi connectivity index (χ2v) is 7.56. The quantitative estimate of drug-likeness (QED) is 0.610. The lowest BCUT2D eigenvalue weighted by Gasteiger charge is -2.41. The van der Waals surface area contributed by atoms with Crippen molar-refractivity contribution < 1.29 is 0 Å². The molecule has 6 heteroatoms. The molecular weight excluding hydrogens is 312 g/mol. The van der Waals surface area contributed by atoms with Gasteiger partial charge >= 0.3 is 0 Å². The second kappa shape index (κ2) is 9.04. The van der Waals surface area contributed by atoms with Gasteiger partial charge in [-0.1, -0.05) is 6.42 Å². The van der Waals surface area contributed by atoms with Crippen LogP contribution in [-0.2, 0) is 6.54 Å². The van der Waals surface area contributed by atoms with Gasteiger partial charge in [0, 0.05) is 46.0 Å². The topological polar surface area (TPSA) is 55.8 Å². The van der Waals surface area contributed by atoms with Gasteiger partial charge in [0.2, 0.25) is 0 Å². The lowest BCUT2D eigenvalue weighted by Crippen LogP contribution is -2.54. The molecule has 0 atom stereocenters. The van der Waals surface area contributed by atoms with E-state index in [9.17, 15) is 0 Å².